The normalized spacial score (nSPS) is 10.7. The van der Waals surface area contributed by atoms with Crippen LogP contribution in [-0.2, 0) is 0 Å². The number of anilines is 1. The van der Waals surface area contributed by atoms with Gasteiger partial charge in [-0.2, -0.15) is 0 Å². The average molecular weight is 369 g/mol. The molecule has 0 unspecified atom stereocenters. The molecule has 2 heterocycles. The molecule has 0 saturated carbocycles. The zero-order valence-corrected chi connectivity index (χ0v) is 14.5. The standard InChI is InChI=1S/C15H10Cl2N2OS2/c1-8-3-2-4-9(5-8)14(20)19-15-18-11(7-21-15)10-6-12(16)22-13(10)17/h2-7H,1H3,(H,18,19,20). The molecule has 0 aliphatic rings. The van der Waals surface area contributed by atoms with E-state index < -0.39 is 0 Å². The molecule has 3 aromatic rings. The Morgan fingerprint density at radius 2 is 2.09 bits per heavy atom. The number of hydrogen-bond donors (Lipinski definition) is 1. The van der Waals surface area contributed by atoms with Crippen LogP contribution in [0.25, 0.3) is 11.3 Å². The van der Waals surface area contributed by atoms with Crippen molar-refractivity contribution in [3.05, 3.63) is 55.5 Å². The number of thiophene rings is 1. The molecule has 7 heteroatoms. The Bertz CT molecular complexity index is 842. The second-order valence-electron chi connectivity index (χ2n) is 4.60. The van der Waals surface area contributed by atoms with Gasteiger partial charge in [-0.05, 0) is 25.1 Å². The number of aromatic nitrogens is 1. The number of halogens is 2. The van der Waals surface area contributed by atoms with Gasteiger partial charge in [0.05, 0.1) is 10.0 Å². The fraction of sp³-hybridized carbons (Fsp3) is 0.0667. The third-order valence-corrected chi connectivity index (χ3v) is 5.18. The molecule has 0 radical (unpaired) electrons. The first-order valence-electron chi connectivity index (χ1n) is 6.31. The van der Waals surface area contributed by atoms with Gasteiger partial charge in [0.15, 0.2) is 5.13 Å². The highest BCUT2D eigenvalue weighted by atomic mass is 35.5. The number of carbonyl (C=O) groups is 1. The summed E-state index contributed by atoms with van der Waals surface area (Å²) in [7, 11) is 0. The van der Waals surface area contributed by atoms with Gasteiger partial charge < -0.3 is 0 Å². The summed E-state index contributed by atoms with van der Waals surface area (Å²) in [6.07, 6.45) is 0. The van der Waals surface area contributed by atoms with Crippen molar-refractivity contribution in [3.63, 3.8) is 0 Å². The molecule has 0 fully saturated rings. The topological polar surface area (TPSA) is 42.0 Å². The smallest absolute Gasteiger partial charge is 0.257 e. The highest BCUT2D eigenvalue weighted by Gasteiger charge is 2.14. The molecule has 0 bridgehead atoms. The molecular weight excluding hydrogens is 359 g/mol. The number of aryl methyl sites for hydroxylation is 1. The van der Waals surface area contributed by atoms with E-state index in [1.807, 2.05) is 30.5 Å². The van der Waals surface area contributed by atoms with Gasteiger partial charge in [-0.25, -0.2) is 4.98 Å². The molecule has 3 rings (SSSR count). The summed E-state index contributed by atoms with van der Waals surface area (Å²) in [6.45, 7) is 1.95. The minimum absolute atomic E-state index is 0.181. The van der Waals surface area contributed by atoms with E-state index in [2.05, 4.69) is 10.3 Å². The molecule has 0 spiro atoms. The van der Waals surface area contributed by atoms with Crippen LogP contribution in [0.5, 0.6) is 0 Å². The summed E-state index contributed by atoms with van der Waals surface area (Å²) >= 11 is 14.7. The van der Waals surface area contributed by atoms with Gasteiger partial charge in [-0.3, -0.25) is 10.1 Å². The van der Waals surface area contributed by atoms with Crippen LogP contribution in [0.15, 0.2) is 35.7 Å². The van der Waals surface area contributed by atoms with Crippen LogP contribution in [-0.4, -0.2) is 10.9 Å². The fourth-order valence-corrected chi connectivity index (χ4v) is 4.11. The van der Waals surface area contributed by atoms with Crippen LogP contribution in [0, 0.1) is 6.92 Å². The number of rotatable bonds is 3. The Labute approximate surface area is 145 Å². The number of amides is 1. The molecular formula is C15H10Cl2N2OS2. The van der Waals surface area contributed by atoms with E-state index in [0.29, 0.717) is 25.1 Å². The second kappa shape index (κ2) is 6.38. The van der Waals surface area contributed by atoms with Crippen LogP contribution in [0.3, 0.4) is 0 Å². The predicted molar refractivity (Wildman–Crippen MR) is 94.6 cm³/mol. The van der Waals surface area contributed by atoms with E-state index in [1.165, 1.54) is 22.7 Å². The first-order chi connectivity index (χ1) is 10.5. The van der Waals surface area contributed by atoms with Gasteiger partial charge in [0.25, 0.3) is 5.91 Å². The van der Waals surface area contributed by atoms with Crippen molar-refractivity contribution in [3.8, 4) is 11.3 Å². The van der Waals surface area contributed by atoms with Gasteiger partial charge in [0.2, 0.25) is 0 Å². The van der Waals surface area contributed by atoms with Gasteiger partial charge in [0, 0.05) is 16.5 Å². The van der Waals surface area contributed by atoms with Gasteiger partial charge in [0.1, 0.15) is 4.34 Å². The van der Waals surface area contributed by atoms with E-state index in [4.69, 9.17) is 23.2 Å². The van der Waals surface area contributed by atoms with Crippen molar-refractivity contribution in [1.82, 2.24) is 4.98 Å². The minimum Gasteiger partial charge on any atom is -0.298 e. The van der Waals surface area contributed by atoms with E-state index in [-0.39, 0.29) is 5.91 Å². The summed E-state index contributed by atoms with van der Waals surface area (Å²) in [5.74, 6) is -0.181. The molecule has 1 N–H and O–H groups in total. The van der Waals surface area contributed by atoms with Gasteiger partial charge in [-0.15, -0.1) is 22.7 Å². The molecule has 1 aromatic carbocycles. The molecule has 0 saturated heterocycles. The maximum Gasteiger partial charge on any atom is 0.257 e. The van der Waals surface area contributed by atoms with E-state index in [0.717, 1.165) is 11.1 Å². The van der Waals surface area contributed by atoms with Crippen molar-refractivity contribution < 1.29 is 4.79 Å². The Balaban J connectivity index is 1.80. The first-order valence-corrected chi connectivity index (χ1v) is 8.77. The molecule has 22 heavy (non-hydrogen) atoms. The lowest BCUT2D eigenvalue weighted by molar-refractivity contribution is 0.102. The van der Waals surface area contributed by atoms with Crippen molar-refractivity contribution in [2.45, 2.75) is 6.92 Å². The summed E-state index contributed by atoms with van der Waals surface area (Å²) in [5.41, 5.74) is 3.13. The minimum atomic E-state index is -0.181. The third kappa shape index (κ3) is 3.33. The molecule has 2 aromatic heterocycles. The zero-order chi connectivity index (χ0) is 15.7. The lowest BCUT2D eigenvalue weighted by Crippen LogP contribution is -2.11. The molecule has 112 valence electrons. The summed E-state index contributed by atoms with van der Waals surface area (Å²) < 4.78 is 1.20. The highest BCUT2D eigenvalue weighted by Crippen LogP contribution is 2.39. The lowest BCUT2D eigenvalue weighted by Gasteiger charge is -2.02. The van der Waals surface area contributed by atoms with Gasteiger partial charge >= 0.3 is 0 Å². The fourth-order valence-electron chi connectivity index (χ4n) is 1.93. The summed E-state index contributed by atoms with van der Waals surface area (Å²) in [4.78, 5) is 16.6. The highest BCUT2D eigenvalue weighted by molar-refractivity contribution is 7.20. The van der Waals surface area contributed by atoms with Crippen LogP contribution in [0.1, 0.15) is 15.9 Å². The van der Waals surface area contributed by atoms with Crippen molar-refractivity contribution in [2.24, 2.45) is 0 Å². The van der Waals surface area contributed by atoms with Gasteiger partial charge in [-0.1, -0.05) is 40.9 Å². The number of nitrogens with zero attached hydrogens (tertiary/aromatic N) is 1. The lowest BCUT2D eigenvalue weighted by atomic mass is 10.1. The number of benzene rings is 1. The monoisotopic (exact) mass is 368 g/mol. The predicted octanol–water partition coefficient (Wildman–Crippen LogP) is 5.74. The van der Waals surface area contributed by atoms with E-state index in [9.17, 15) is 4.79 Å². The zero-order valence-electron chi connectivity index (χ0n) is 11.4. The first kappa shape index (κ1) is 15.5. The molecule has 0 aliphatic carbocycles. The van der Waals surface area contributed by atoms with E-state index in [1.54, 1.807) is 12.1 Å². The second-order valence-corrected chi connectivity index (χ2v) is 7.74. The quantitative estimate of drug-likeness (QED) is 0.640. The number of hydrogen-bond acceptors (Lipinski definition) is 4. The van der Waals surface area contributed by atoms with Crippen LogP contribution in [0.2, 0.25) is 8.67 Å². The number of carbonyl (C=O) groups excluding carboxylic acids is 1. The molecule has 0 aliphatic heterocycles. The van der Waals surface area contributed by atoms with Crippen LogP contribution < -0.4 is 5.32 Å². The average Bonchev–Trinajstić information content (AvgIpc) is 3.05. The maximum absolute atomic E-state index is 12.2. The Morgan fingerprint density at radius 1 is 1.27 bits per heavy atom. The summed E-state index contributed by atoms with van der Waals surface area (Å²) in [5, 5.41) is 5.17. The Kier molecular flexibility index (Phi) is 4.49. The van der Waals surface area contributed by atoms with Crippen LogP contribution >= 0.6 is 45.9 Å². The number of thiazole rings is 1. The summed E-state index contributed by atoms with van der Waals surface area (Å²) in [6, 6.07) is 9.17. The van der Waals surface area contributed by atoms with Crippen molar-refractivity contribution >= 4 is 56.9 Å². The van der Waals surface area contributed by atoms with E-state index >= 15 is 0 Å². The maximum atomic E-state index is 12.2. The Morgan fingerprint density at radius 3 is 2.77 bits per heavy atom. The van der Waals surface area contributed by atoms with Crippen molar-refractivity contribution in [2.75, 3.05) is 5.32 Å². The Hall–Kier alpha value is -1.40. The molecule has 3 nitrogen and oxygen atoms in total. The third-order valence-electron chi connectivity index (χ3n) is 2.94. The van der Waals surface area contributed by atoms with Crippen molar-refractivity contribution in [1.29, 1.82) is 0 Å². The molecule has 1 amide bonds. The SMILES string of the molecule is Cc1cccc(C(=O)Nc2nc(-c3cc(Cl)sc3Cl)cs2)c1. The van der Waals surface area contributed by atoms with Crippen LogP contribution in [0.4, 0.5) is 5.13 Å². The largest absolute Gasteiger partial charge is 0.298 e. The number of nitrogens with one attached hydrogen (secondary N) is 1. The molecule has 0 atom stereocenters.